The lowest BCUT2D eigenvalue weighted by molar-refractivity contribution is -0.120. The van der Waals surface area contributed by atoms with Gasteiger partial charge in [-0.3, -0.25) is 4.79 Å². The number of carbonyl (C=O) groups excluding carboxylic acids is 1. The minimum absolute atomic E-state index is 0.0309. The van der Waals surface area contributed by atoms with Gasteiger partial charge in [-0.05, 0) is 42.2 Å². The first-order valence-electron chi connectivity index (χ1n) is 8.05. The third-order valence-electron chi connectivity index (χ3n) is 4.70. The van der Waals surface area contributed by atoms with Gasteiger partial charge in [-0.25, -0.2) is 0 Å². The zero-order valence-electron chi connectivity index (χ0n) is 13.4. The van der Waals surface area contributed by atoms with Gasteiger partial charge in [0.05, 0.1) is 19.3 Å². The van der Waals surface area contributed by atoms with Gasteiger partial charge in [0.15, 0.2) is 0 Å². The fraction of sp³-hybridized carbons (Fsp3) is 0.316. The highest BCUT2D eigenvalue weighted by Gasteiger charge is 2.46. The molecule has 1 fully saturated rings. The fourth-order valence-electron chi connectivity index (χ4n) is 3.30. The summed E-state index contributed by atoms with van der Waals surface area (Å²) < 4.78 is 10.9. The van der Waals surface area contributed by atoms with E-state index in [4.69, 9.17) is 21.1 Å². The smallest absolute Gasteiger partial charge is 0.230 e. The Hall–Kier alpha value is -2.20. The molecule has 0 aromatic heterocycles. The Labute approximate surface area is 145 Å². The van der Waals surface area contributed by atoms with Crippen LogP contribution in [0, 0.1) is 5.92 Å². The van der Waals surface area contributed by atoms with Crippen molar-refractivity contribution in [3.05, 3.63) is 53.1 Å². The maximum absolute atomic E-state index is 13.0. The van der Waals surface area contributed by atoms with Crippen molar-refractivity contribution in [2.24, 2.45) is 5.92 Å². The molecule has 1 saturated carbocycles. The van der Waals surface area contributed by atoms with Crippen molar-refractivity contribution >= 4 is 23.2 Å². The van der Waals surface area contributed by atoms with E-state index in [2.05, 4.69) is 0 Å². The van der Waals surface area contributed by atoms with Crippen LogP contribution in [-0.4, -0.2) is 26.2 Å². The SMILES string of the molecule is COc1ccc2c(c1)N(C(=O)[C@H]1C[C@@H]1c1ccc(Cl)cc1)CCO2. The summed E-state index contributed by atoms with van der Waals surface area (Å²) in [6.07, 6.45) is 0.886. The topological polar surface area (TPSA) is 38.8 Å². The molecular weight excluding hydrogens is 326 g/mol. The van der Waals surface area contributed by atoms with E-state index in [1.54, 1.807) is 7.11 Å². The van der Waals surface area contributed by atoms with Crippen molar-refractivity contribution in [3.63, 3.8) is 0 Å². The van der Waals surface area contributed by atoms with Gasteiger partial charge in [0, 0.05) is 17.0 Å². The largest absolute Gasteiger partial charge is 0.497 e. The van der Waals surface area contributed by atoms with E-state index in [9.17, 15) is 4.79 Å². The van der Waals surface area contributed by atoms with Crippen LogP contribution in [0.1, 0.15) is 17.9 Å². The van der Waals surface area contributed by atoms with E-state index in [-0.39, 0.29) is 17.7 Å². The van der Waals surface area contributed by atoms with E-state index >= 15 is 0 Å². The molecule has 0 saturated heterocycles. The zero-order chi connectivity index (χ0) is 16.7. The Morgan fingerprint density at radius 3 is 2.79 bits per heavy atom. The lowest BCUT2D eigenvalue weighted by atomic mass is 10.1. The van der Waals surface area contributed by atoms with Gasteiger partial charge >= 0.3 is 0 Å². The van der Waals surface area contributed by atoms with E-state index in [0.29, 0.717) is 13.2 Å². The van der Waals surface area contributed by atoms with Crippen LogP contribution in [0.25, 0.3) is 0 Å². The number of hydrogen-bond acceptors (Lipinski definition) is 3. The van der Waals surface area contributed by atoms with Gasteiger partial charge in [0.1, 0.15) is 18.1 Å². The van der Waals surface area contributed by atoms with Gasteiger partial charge < -0.3 is 14.4 Å². The highest BCUT2D eigenvalue weighted by atomic mass is 35.5. The van der Waals surface area contributed by atoms with E-state index in [1.807, 2.05) is 47.4 Å². The van der Waals surface area contributed by atoms with Crippen LogP contribution in [0.2, 0.25) is 5.02 Å². The minimum Gasteiger partial charge on any atom is -0.497 e. The first-order chi connectivity index (χ1) is 11.7. The Morgan fingerprint density at radius 1 is 1.25 bits per heavy atom. The van der Waals surface area contributed by atoms with Crippen LogP contribution < -0.4 is 14.4 Å². The average Bonchev–Trinajstić information content (AvgIpc) is 3.41. The van der Waals surface area contributed by atoms with Crippen LogP contribution in [-0.2, 0) is 4.79 Å². The molecule has 0 spiro atoms. The van der Waals surface area contributed by atoms with Gasteiger partial charge in [-0.15, -0.1) is 0 Å². The van der Waals surface area contributed by atoms with Crippen LogP contribution in [0.4, 0.5) is 5.69 Å². The molecule has 0 N–H and O–H groups in total. The molecule has 1 aliphatic heterocycles. The summed E-state index contributed by atoms with van der Waals surface area (Å²) in [5.74, 6) is 1.93. The molecule has 124 valence electrons. The molecule has 1 heterocycles. The summed E-state index contributed by atoms with van der Waals surface area (Å²) in [6, 6.07) is 13.4. The molecule has 24 heavy (non-hydrogen) atoms. The van der Waals surface area contributed by atoms with Crippen LogP contribution >= 0.6 is 11.6 Å². The molecule has 0 unspecified atom stereocenters. The molecule has 0 bridgehead atoms. The summed E-state index contributed by atoms with van der Waals surface area (Å²) in [5.41, 5.74) is 1.98. The van der Waals surface area contributed by atoms with E-state index < -0.39 is 0 Å². The second-order valence-corrected chi connectivity index (χ2v) is 6.61. The second-order valence-electron chi connectivity index (χ2n) is 6.17. The monoisotopic (exact) mass is 343 g/mol. The molecule has 2 atom stereocenters. The third kappa shape index (κ3) is 2.71. The zero-order valence-corrected chi connectivity index (χ0v) is 14.1. The lowest BCUT2D eigenvalue weighted by Crippen LogP contribution is -2.39. The number of benzene rings is 2. The first kappa shape index (κ1) is 15.3. The number of hydrogen-bond donors (Lipinski definition) is 0. The summed E-state index contributed by atoms with van der Waals surface area (Å²) in [5, 5.41) is 0.719. The maximum atomic E-state index is 13.0. The molecule has 1 aliphatic carbocycles. The molecule has 2 aromatic rings. The summed E-state index contributed by atoms with van der Waals surface area (Å²) in [4.78, 5) is 14.8. The highest BCUT2D eigenvalue weighted by molar-refractivity contribution is 6.30. The second kappa shape index (κ2) is 6.02. The average molecular weight is 344 g/mol. The molecule has 1 amide bonds. The molecule has 0 radical (unpaired) electrons. The predicted molar refractivity (Wildman–Crippen MR) is 93.1 cm³/mol. The molecule has 4 rings (SSSR count). The van der Waals surface area contributed by atoms with Crippen molar-refractivity contribution in [3.8, 4) is 11.5 Å². The number of anilines is 1. The molecule has 4 nitrogen and oxygen atoms in total. The van der Waals surface area contributed by atoms with Crippen molar-refractivity contribution in [1.29, 1.82) is 0 Å². The van der Waals surface area contributed by atoms with Gasteiger partial charge in [0.2, 0.25) is 5.91 Å². The normalized spacial score (nSPS) is 21.7. The standard InChI is InChI=1S/C19H18ClNO3/c1-23-14-6-7-18-17(10-14)21(8-9-24-18)19(22)16-11-15(16)12-2-4-13(20)5-3-12/h2-7,10,15-16H,8-9,11H2,1H3/t15-,16+/m1/s1. The Kier molecular flexibility index (Phi) is 3.85. The van der Waals surface area contributed by atoms with Crippen molar-refractivity contribution in [1.82, 2.24) is 0 Å². The summed E-state index contributed by atoms with van der Waals surface area (Å²) in [6.45, 7) is 1.09. The number of halogens is 1. The van der Waals surface area contributed by atoms with Crippen molar-refractivity contribution in [2.45, 2.75) is 12.3 Å². The number of nitrogens with zero attached hydrogens (tertiary/aromatic N) is 1. The Morgan fingerprint density at radius 2 is 2.04 bits per heavy atom. The van der Waals surface area contributed by atoms with Gasteiger partial charge in [0.25, 0.3) is 0 Å². The number of fused-ring (bicyclic) bond motifs is 1. The lowest BCUT2D eigenvalue weighted by Gasteiger charge is -2.30. The third-order valence-corrected chi connectivity index (χ3v) is 4.95. The van der Waals surface area contributed by atoms with Crippen molar-refractivity contribution in [2.75, 3.05) is 25.2 Å². The molecule has 2 aromatic carbocycles. The van der Waals surface area contributed by atoms with Crippen molar-refractivity contribution < 1.29 is 14.3 Å². The number of methoxy groups -OCH3 is 1. The number of ether oxygens (including phenoxy) is 2. The summed E-state index contributed by atoms with van der Waals surface area (Å²) >= 11 is 5.94. The fourth-order valence-corrected chi connectivity index (χ4v) is 3.43. The van der Waals surface area contributed by atoms with Gasteiger partial charge in [-0.1, -0.05) is 23.7 Å². The Balaban J connectivity index is 1.55. The number of amides is 1. The number of rotatable bonds is 3. The van der Waals surface area contributed by atoms with E-state index in [0.717, 1.165) is 28.6 Å². The summed E-state index contributed by atoms with van der Waals surface area (Å²) in [7, 11) is 1.62. The maximum Gasteiger partial charge on any atom is 0.230 e. The quantitative estimate of drug-likeness (QED) is 0.849. The predicted octanol–water partition coefficient (Wildman–Crippen LogP) is 3.88. The van der Waals surface area contributed by atoms with Crippen LogP contribution in [0.5, 0.6) is 11.5 Å². The molecule has 2 aliphatic rings. The van der Waals surface area contributed by atoms with Crippen LogP contribution in [0.15, 0.2) is 42.5 Å². The highest BCUT2D eigenvalue weighted by Crippen LogP contribution is 2.50. The van der Waals surface area contributed by atoms with E-state index in [1.165, 1.54) is 5.56 Å². The molecule has 5 heteroatoms. The first-order valence-corrected chi connectivity index (χ1v) is 8.43. The number of carbonyl (C=O) groups is 1. The van der Waals surface area contributed by atoms with Gasteiger partial charge in [-0.2, -0.15) is 0 Å². The minimum atomic E-state index is 0.0309. The Bertz CT molecular complexity index is 775. The molecular formula is C19H18ClNO3. The van der Waals surface area contributed by atoms with Crippen LogP contribution in [0.3, 0.4) is 0 Å².